The number of nitrogens with zero attached hydrogens (tertiary/aromatic N) is 2. The molecular formula is C13H16N4O2. The molecule has 0 aliphatic rings. The van der Waals surface area contributed by atoms with Crippen LogP contribution in [-0.2, 0) is 0 Å². The fourth-order valence-corrected chi connectivity index (χ4v) is 1.40. The van der Waals surface area contributed by atoms with Crippen molar-refractivity contribution >= 4 is 11.6 Å². The van der Waals surface area contributed by atoms with Crippen molar-refractivity contribution in [1.29, 1.82) is 0 Å². The molecule has 0 spiro atoms. The minimum Gasteiger partial charge on any atom is -0.493 e. The van der Waals surface area contributed by atoms with E-state index in [2.05, 4.69) is 34.3 Å². The van der Waals surface area contributed by atoms with E-state index in [1.807, 2.05) is 24.3 Å². The van der Waals surface area contributed by atoms with Crippen LogP contribution in [0.15, 0.2) is 35.3 Å². The zero-order chi connectivity index (χ0) is 13.7. The Hall–Kier alpha value is -2.37. The van der Waals surface area contributed by atoms with Crippen LogP contribution in [0.25, 0.3) is 0 Å². The number of anilines is 2. The van der Waals surface area contributed by atoms with Crippen molar-refractivity contribution in [2.75, 3.05) is 11.9 Å². The molecule has 0 amide bonds. The molecule has 0 saturated carbocycles. The van der Waals surface area contributed by atoms with Gasteiger partial charge in [-0.05, 0) is 30.2 Å². The van der Waals surface area contributed by atoms with Crippen LogP contribution >= 0.6 is 0 Å². The number of rotatable bonds is 5. The maximum absolute atomic E-state index is 11.1. The van der Waals surface area contributed by atoms with Crippen LogP contribution < -0.4 is 15.6 Å². The van der Waals surface area contributed by atoms with Gasteiger partial charge >= 0.3 is 0 Å². The third-order valence-corrected chi connectivity index (χ3v) is 2.27. The summed E-state index contributed by atoms with van der Waals surface area (Å²) in [4.78, 5) is 13.6. The van der Waals surface area contributed by atoms with Crippen LogP contribution in [-0.4, -0.2) is 21.8 Å². The molecule has 0 atom stereocenters. The highest BCUT2D eigenvalue weighted by Crippen LogP contribution is 2.18. The molecule has 0 bridgehead atoms. The molecule has 0 aliphatic heterocycles. The summed E-state index contributed by atoms with van der Waals surface area (Å²) >= 11 is 0. The van der Waals surface area contributed by atoms with E-state index in [-0.39, 0.29) is 5.56 Å². The van der Waals surface area contributed by atoms with Crippen molar-refractivity contribution in [3.8, 4) is 5.75 Å². The highest BCUT2D eigenvalue weighted by molar-refractivity contribution is 5.53. The van der Waals surface area contributed by atoms with Gasteiger partial charge in [-0.1, -0.05) is 13.8 Å². The molecule has 1 heterocycles. The molecular weight excluding hydrogens is 244 g/mol. The highest BCUT2D eigenvalue weighted by atomic mass is 16.5. The minimum absolute atomic E-state index is 0.297. The second-order valence-electron chi connectivity index (χ2n) is 4.54. The van der Waals surface area contributed by atoms with Crippen molar-refractivity contribution in [3.63, 3.8) is 0 Å². The monoisotopic (exact) mass is 260 g/mol. The van der Waals surface area contributed by atoms with E-state index in [0.717, 1.165) is 17.6 Å². The van der Waals surface area contributed by atoms with E-state index in [9.17, 15) is 4.79 Å². The molecule has 0 saturated heterocycles. The number of hydrogen-bond acceptors (Lipinski definition) is 5. The Balaban J connectivity index is 2.00. The van der Waals surface area contributed by atoms with Gasteiger partial charge in [0.2, 0.25) is 5.95 Å². The SMILES string of the molecule is CC(C)COc1ccc(Nc2nncc(=O)[nH]2)cc1. The Morgan fingerprint density at radius 1 is 1.32 bits per heavy atom. The van der Waals surface area contributed by atoms with Gasteiger partial charge in [0, 0.05) is 5.69 Å². The zero-order valence-electron chi connectivity index (χ0n) is 10.9. The van der Waals surface area contributed by atoms with Crippen molar-refractivity contribution in [1.82, 2.24) is 15.2 Å². The van der Waals surface area contributed by atoms with E-state index < -0.39 is 0 Å². The van der Waals surface area contributed by atoms with Gasteiger partial charge in [-0.3, -0.25) is 9.78 Å². The van der Waals surface area contributed by atoms with Crippen molar-refractivity contribution in [2.45, 2.75) is 13.8 Å². The number of aromatic amines is 1. The summed E-state index contributed by atoms with van der Waals surface area (Å²) in [6.07, 6.45) is 1.12. The zero-order valence-corrected chi connectivity index (χ0v) is 10.9. The molecule has 19 heavy (non-hydrogen) atoms. The van der Waals surface area contributed by atoms with Crippen LogP contribution in [0.2, 0.25) is 0 Å². The molecule has 100 valence electrons. The first kappa shape index (κ1) is 13.1. The summed E-state index contributed by atoms with van der Waals surface area (Å²) in [6.45, 7) is 4.88. The molecule has 2 N–H and O–H groups in total. The number of benzene rings is 1. The van der Waals surface area contributed by atoms with Gasteiger partial charge in [0.05, 0.1) is 6.61 Å². The Bertz CT molecular complexity index is 578. The molecule has 2 aromatic rings. The van der Waals surface area contributed by atoms with Crippen LogP contribution in [0.3, 0.4) is 0 Å². The van der Waals surface area contributed by atoms with E-state index in [1.54, 1.807) is 0 Å². The lowest BCUT2D eigenvalue weighted by Crippen LogP contribution is -2.10. The van der Waals surface area contributed by atoms with E-state index in [0.29, 0.717) is 18.5 Å². The number of nitrogens with one attached hydrogen (secondary N) is 2. The average molecular weight is 260 g/mol. The quantitative estimate of drug-likeness (QED) is 0.858. The number of H-pyrrole nitrogens is 1. The fraction of sp³-hybridized carbons (Fsp3) is 0.308. The summed E-state index contributed by atoms with van der Waals surface area (Å²) in [5, 5.41) is 10.3. The first-order valence-corrected chi connectivity index (χ1v) is 6.05. The molecule has 6 nitrogen and oxygen atoms in total. The maximum Gasteiger partial charge on any atom is 0.271 e. The van der Waals surface area contributed by atoms with Crippen molar-refractivity contribution in [2.24, 2.45) is 5.92 Å². The molecule has 0 unspecified atom stereocenters. The molecule has 0 aliphatic carbocycles. The maximum atomic E-state index is 11.1. The van der Waals surface area contributed by atoms with Gasteiger partial charge < -0.3 is 10.1 Å². The Labute approximate surface area is 110 Å². The second kappa shape index (κ2) is 5.99. The van der Waals surface area contributed by atoms with Crippen molar-refractivity contribution in [3.05, 3.63) is 40.8 Å². The van der Waals surface area contributed by atoms with Gasteiger partial charge in [0.15, 0.2) is 0 Å². The van der Waals surface area contributed by atoms with Crippen LogP contribution in [0.1, 0.15) is 13.8 Å². The summed E-state index contributed by atoms with van der Waals surface area (Å²) in [7, 11) is 0. The lowest BCUT2D eigenvalue weighted by Gasteiger charge is -2.09. The molecule has 0 radical (unpaired) electrons. The van der Waals surface area contributed by atoms with Gasteiger partial charge in [0.1, 0.15) is 11.9 Å². The number of aromatic nitrogens is 3. The van der Waals surface area contributed by atoms with Gasteiger partial charge in [0.25, 0.3) is 5.56 Å². The lowest BCUT2D eigenvalue weighted by atomic mass is 10.2. The summed E-state index contributed by atoms with van der Waals surface area (Å²) in [6, 6.07) is 7.42. The fourth-order valence-electron chi connectivity index (χ4n) is 1.40. The summed E-state index contributed by atoms with van der Waals surface area (Å²) in [5.41, 5.74) is 0.502. The second-order valence-corrected chi connectivity index (χ2v) is 4.54. The Kier molecular flexibility index (Phi) is 4.12. The highest BCUT2D eigenvalue weighted by Gasteiger charge is 2.00. The van der Waals surface area contributed by atoms with E-state index >= 15 is 0 Å². The van der Waals surface area contributed by atoms with E-state index in [4.69, 9.17) is 4.74 Å². The molecule has 2 rings (SSSR count). The predicted molar refractivity (Wildman–Crippen MR) is 72.7 cm³/mol. The first-order chi connectivity index (χ1) is 9.13. The normalized spacial score (nSPS) is 10.5. The van der Waals surface area contributed by atoms with E-state index in [1.165, 1.54) is 0 Å². The van der Waals surface area contributed by atoms with Crippen LogP contribution in [0.5, 0.6) is 5.75 Å². The summed E-state index contributed by atoms with van der Waals surface area (Å²) < 4.78 is 5.58. The summed E-state index contributed by atoms with van der Waals surface area (Å²) in [5.74, 6) is 1.61. The molecule has 0 fully saturated rings. The third-order valence-electron chi connectivity index (χ3n) is 2.27. The average Bonchev–Trinajstić information content (AvgIpc) is 2.38. The van der Waals surface area contributed by atoms with Gasteiger partial charge in [-0.25, -0.2) is 0 Å². The van der Waals surface area contributed by atoms with Gasteiger partial charge in [-0.15, -0.1) is 10.2 Å². The Morgan fingerprint density at radius 3 is 2.68 bits per heavy atom. The lowest BCUT2D eigenvalue weighted by molar-refractivity contribution is 0.271. The minimum atomic E-state index is -0.297. The smallest absolute Gasteiger partial charge is 0.271 e. The predicted octanol–water partition coefficient (Wildman–Crippen LogP) is 1.94. The number of hydrogen-bond donors (Lipinski definition) is 2. The van der Waals surface area contributed by atoms with Crippen molar-refractivity contribution < 1.29 is 4.74 Å². The van der Waals surface area contributed by atoms with Crippen LogP contribution in [0.4, 0.5) is 11.6 Å². The number of ether oxygens (including phenoxy) is 1. The first-order valence-electron chi connectivity index (χ1n) is 6.05. The standard InChI is InChI=1S/C13H16N4O2/c1-9(2)8-19-11-5-3-10(4-6-11)15-13-16-12(18)7-14-17-13/h3-7,9H,8H2,1-2H3,(H2,15,16,17,18). The largest absolute Gasteiger partial charge is 0.493 e. The Morgan fingerprint density at radius 2 is 2.05 bits per heavy atom. The molecule has 1 aromatic carbocycles. The van der Waals surface area contributed by atoms with Gasteiger partial charge in [-0.2, -0.15) is 0 Å². The molecule has 6 heteroatoms. The van der Waals surface area contributed by atoms with Crippen LogP contribution in [0, 0.1) is 5.92 Å². The molecule has 1 aromatic heterocycles. The third kappa shape index (κ3) is 4.09. The topological polar surface area (TPSA) is 79.9 Å².